The number of nitrogens with zero attached hydrogens (tertiary/aromatic N) is 3. The van der Waals surface area contributed by atoms with Gasteiger partial charge in [0.15, 0.2) is 10.6 Å². The first-order valence-electron chi connectivity index (χ1n) is 8.24. The van der Waals surface area contributed by atoms with Gasteiger partial charge in [-0.25, -0.2) is 0 Å². The van der Waals surface area contributed by atoms with Crippen LogP contribution in [0.4, 0.5) is 5.69 Å². The van der Waals surface area contributed by atoms with Gasteiger partial charge < -0.3 is 9.88 Å². The molecule has 2 heterocycles. The van der Waals surface area contributed by atoms with Crippen molar-refractivity contribution in [2.45, 2.75) is 27.7 Å². The minimum Gasteiger partial charge on any atom is -0.324 e. The topological polar surface area (TPSA) is 75.6 Å². The number of hydrogen-bond acceptors (Lipinski definition) is 4. The molecule has 0 unspecified atom stereocenters. The summed E-state index contributed by atoms with van der Waals surface area (Å²) in [5.41, 5.74) is 2.68. The third kappa shape index (κ3) is 3.28. The normalized spacial score (nSPS) is 20.8. The molecule has 25 heavy (non-hydrogen) atoms. The summed E-state index contributed by atoms with van der Waals surface area (Å²) in [6.45, 7) is 8.39. The Morgan fingerprint density at radius 3 is 2.72 bits per heavy atom. The molecule has 0 bridgehead atoms. The van der Waals surface area contributed by atoms with Crippen molar-refractivity contribution >= 4 is 23.8 Å². The second kappa shape index (κ2) is 6.22. The highest BCUT2D eigenvalue weighted by Gasteiger charge is 2.60. The molecule has 7 heteroatoms. The SMILES string of the molecule is CC(C)=C[C@@H]1[C@@H](C(=O)Nc2cncc(-c3n[nH]c(=S)n3C)c2)C1(C)C. The molecule has 2 aromatic heterocycles. The maximum Gasteiger partial charge on any atom is 0.228 e. The summed E-state index contributed by atoms with van der Waals surface area (Å²) in [6, 6.07) is 1.86. The molecule has 2 aromatic rings. The first-order valence-corrected chi connectivity index (χ1v) is 8.65. The van der Waals surface area contributed by atoms with Gasteiger partial charge in [0.1, 0.15) is 0 Å². The van der Waals surface area contributed by atoms with E-state index in [0.29, 0.717) is 16.3 Å². The molecule has 132 valence electrons. The molecule has 2 atom stereocenters. The molecule has 0 aromatic carbocycles. The van der Waals surface area contributed by atoms with E-state index in [1.807, 2.05) is 13.1 Å². The van der Waals surface area contributed by atoms with Gasteiger partial charge in [-0.2, -0.15) is 5.10 Å². The maximum absolute atomic E-state index is 12.7. The fraction of sp³-hybridized carbons (Fsp3) is 0.444. The van der Waals surface area contributed by atoms with Crippen LogP contribution < -0.4 is 5.32 Å². The first-order chi connectivity index (χ1) is 11.7. The van der Waals surface area contributed by atoms with Crippen LogP contribution in [0.5, 0.6) is 0 Å². The summed E-state index contributed by atoms with van der Waals surface area (Å²) in [4.78, 5) is 16.9. The number of amides is 1. The van der Waals surface area contributed by atoms with E-state index in [-0.39, 0.29) is 23.2 Å². The Hall–Kier alpha value is -2.28. The van der Waals surface area contributed by atoms with Crippen LogP contribution in [0.15, 0.2) is 30.1 Å². The number of nitrogens with one attached hydrogen (secondary N) is 2. The van der Waals surface area contributed by atoms with Crippen molar-refractivity contribution < 1.29 is 4.79 Å². The zero-order chi connectivity index (χ0) is 18.4. The number of hydrogen-bond donors (Lipinski definition) is 2. The van der Waals surface area contributed by atoms with Gasteiger partial charge >= 0.3 is 0 Å². The molecule has 1 aliphatic carbocycles. The second-order valence-electron chi connectivity index (χ2n) is 7.43. The van der Waals surface area contributed by atoms with Crippen molar-refractivity contribution in [3.05, 3.63) is 34.9 Å². The highest BCUT2D eigenvalue weighted by atomic mass is 32.1. The standard InChI is InChI=1S/C18H23N5OS/c1-10(2)6-13-14(18(13,3)4)16(24)20-12-7-11(8-19-9-12)15-21-22-17(25)23(15)5/h6-9,13-14H,1-5H3,(H,20,24)(H,22,25)/t13-,14+/m1/s1. The lowest BCUT2D eigenvalue weighted by Gasteiger charge is -2.07. The third-order valence-corrected chi connectivity index (χ3v) is 5.21. The summed E-state index contributed by atoms with van der Waals surface area (Å²) >= 11 is 5.14. The summed E-state index contributed by atoms with van der Waals surface area (Å²) in [6.07, 6.45) is 5.54. The number of carbonyl (C=O) groups excluding carboxylic acids is 1. The highest BCUT2D eigenvalue weighted by molar-refractivity contribution is 7.71. The van der Waals surface area contributed by atoms with Crippen LogP contribution in [0.1, 0.15) is 27.7 Å². The third-order valence-electron chi connectivity index (χ3n) is 4.85. The number of pyridine rings is 1. The average Bonchev–Trinajstić information content (AvgIpc) is 2.88. The van der Waals surface area contributed by atoms with E-state index < -0.39 is 0 Å². The van der Waals surface area contributed by atoms with E-state index in [0.717, 1.165) is 5.56 Å². The molecule has 1 amide bonds. The Labute approximate surface area is 152 Å². The second-order valence-corrected chi connectivity index (χ2v) is 7.82. The van der Waals surface area contributed by atoms with Crippen molar-refractivity contribution in [2.75, 3.05) is 5.32 Å². The Morgan fingerprint density at radius 2 is 2.12 bits per heavy atom. The van der Waals surface area contributed by atoms with Gasteiger partial charge in [0, 0.05) is 18.8 Å². The Kier molecular flexibility index (Phi) is 4.36. The van der Waals surface area contributed by atoms with Crippen LogP contribution in [-0.4, -0.2) is 25.7 Å². The van der Waals surface area contributed by atoms with Crippen molar-refractivity contribution in [1.82, 2.24) is 19.7 Å². The molecule has 0 spiro atoms. The molecule has 0 saturated heterocycles. The van der Waals surface area contributed by atoms with Crippen molar-refractivity contribution in [3.8, 4) is 11.4 Å². The number of rotatable bonds is 4. The molecule has 6 nitrogen and oxygen atoms in total. The Bertz CT molecular complexity index is 904. The molecule has 1 aliphatic rings. The smallest absolute Gasteiger partial charge is 0.228 e. The molecule has 2 N–H and O–H groups in total. The Balaban J connectivity index is 1.79. The molecule has 1 fully saturated rings. The zero-order valence-electron chi connectivity index (χ0n) is 15.1. The number of aromatic amines is 1. The van der Waals surface area contributed by atoms with Gasteiger partial charge in [-0.05, 0) is 43.5 Å². The largest absolute Gasteiger partial charge is 0.324 e. The Morgan fingerprint density at radius 1 is 1.40 bits per heavy atom. The van der Waals surface area contributed by atoms with E-state index in [1.165, 1.54) is 5.57 Å². The summed E-state index contributed by atoms with van der Waals surface area (Å²) in [7, 11) is 1.84. The average molecular weight is 357 g/mol. The fourth-order valence-electron chi connectivity index (χ4n) is 3.30. The van der Waals surface area contributed by atoms with E-state index in [9.17, 15) is 4.79 Å². The van der Waals surface area contributed by atoms with Gasteiger partial charge in [-0.3, -0.25) is 14.9 Å². The van der Waals surface area contributed by atoms with Gasteiger partial charge in [0.05, 0.1) is 17.8 Å². The van der Waals surface area contributed by atoms with Crippen LogP contribution in [0.2, 0.25) is 0 Å². The predicted octanol–water partition coefficient (Wildman–Crippen LogP) is 3.72. The molecule has 3 rings (SSSR count). The van der Waals surface area contributed by atoms with Crippen LogP contribution in [0, 0.1) is 22.0 Å². The van der Waals surface area contributed by atoms with E-state index >= 15 is 0 Å². The fourth-order valence-corrected chi connectivity index (χ4v) is 3.44. The van der Waals surface area contributed by atoms with Gasteiger partial charge in [0.25, 0.3) is 0 Å². The minimum atomic E-state index is -0.0215. The lowest BCUT2D eigenvalue weighted by molar-refractivity contribution is -0.118. The quantitative estimate of drug-likeness (QED) is 0.646. The minimum absolute atomic E-state index is 0.0156. The lowest BCUT2D eigenvalue weighted by Crippen LogP contribution is -2.17. The maximum atomic E-state index is 12.7. The lowest BCUT2D eigenvalue weighted by atomic mass is 10.1. The summed E-state index contributed by atoms with van der Waals surface area (Å²) in [5, 5.41) is 9.95. The molecule has 0 radical (unpaired) electrons. The predicted molar refractivity (Wildman–Crippen MR) is 100 cm³/mol. The molecule has 0 aliphatic heterocycles. The van der Waals surface area contributed by atoms with Crippen molar-refractivity contribution in [3.63, 3.8) is 0 Å². The van der Waals surface area contributed by atoms with Crippen LogP contribution >= 0.6 is 12.2 Å². The van der Waals surface area contributed by atoms with Crippen molar-refractivity contribution in [1.29, 1.82) is 0 Å². The van der Waals surface area contributed by atoms with Crippen molar-refractivity contribution in [2.24, 2.45) is 24.3 Å². The summed E-state index contributed by atoms with van der Waals surface area (Å²) < 4.78 is 2.31. The summed E-state index contributed by atoms with van der Waals surface area (Å²) in [5.74, 6) is 0.969. The van der Waals surface area contributed by atoms with Crippen LogP contribution in [0.3, 0.4) is 0 Å². The van der Waals surface area contributed by atoms with E-state index in [1.54, 1.807) is 17.0 Å². The van der Waals surface area contributed by atoms with Crippen LogP contribution in [-0.2, 0) is 11.8 Å². The zero-order valence-corrected chi connectivity index (χ0v) is 15.9. The molecular weight excluding hydrogens is 334 g/mol. The number of carbonyl (C=O) groups is 1. The molecule has 1 saturated carbocycles. The number of anilines is 1. The van der Waals surface area contributed by atoms with Gasteiger partial charge in [-0.1, -0.05) is 25.5 Å². The van der Waals surface area contributed by atoms with Gasteiger partial charge in [0.2, 0.25) is 5.91 Å². The first kappa shape index (κ1) is 17.5. The van der Waals surface area contributed by atoms with Crippen LogP contribution in [0.25, 0.3) is 11.4 Å². The number of H-pyrrole nitrogens is 1. The monoisotopic (exact) mass is 357 g/mol. The molecular formula is C18H23N5OS. The number of allylic oxidation sites excluding steroid dienone is 2. The van der Waals surface area contributed by atoms with E-state index in [2.05, 4.69) is 54.3 Å². The number of aromatic nitrogens is 4. The highest BCUT2D eigenvalue weighted by Crippen LogP contribution is 2.59. The van der Waals surface area contributed by atoms with E-state index in [4.69, 9.17) is 12.2 Å². The van der Waals surface area contributed by atoms with Gasteiger partial charge in [-0.15, -0.1) is 0 Å².